The van der Waals surface area contributed by atoms with Crippen LogP contribution in [0.2, 0.25) is 5.02 Å². The minimum atomic E-state index is -0.0877. The lowest BCUT2D eigenvalue weighted by Gasteiger charge is -2.19. The van der Waals surface area contributed by atoms with Gasteiger partial charge >= 0.3 is 0 Å². The Bertz CT molecular complexity index is 660. The highest BCUT2D eigenvalue weighted by Gasteiger charge is 2.14. The molecule has 0 unspecified atom stereocenters. The summed E-state index contributed by atoms with van der Waals surface area (Å²) in [5, 5.41) is 0.520. The summed E-state index contributed by atoms with van der Waals surface area (Å²) in [5.74, 6) is 0.682. The van der Waals surface area contributed by atoms with Gasteiger partial charge in [-0.05, 0) is 40.2 Å². The zero-order valence-electron chi connectivity index (χ0n) is 11.8. The molecule has 0 saturated heterocycles. The van der Waals surface area contributed by atoms with Gasteiger partial charge in [-0.2, -0.15) is 0 Å². The van der Waals surface area contributed by atoms with Gasteiger partial charge in [-0.25, -0.2) is 0 Å². The maximum absolute atomic E-state index is 12.4. The molecule has 2 aromatic carbocycles. The van der Waals surface area contributed by atoms with Crippen molar-refractivity contribution in [3.8, 4) is 5.75 Å². The number of hydrogen-bond acceptors (Lipinski definition) is 2. The molecule has 21 heavy (non-hydrogen) atoms. The number of halogens is 2. The summed E-state index contributed by atoms with van der Waals surface area (Å²) < 4.78 is 6.07. The normalized spacial score (nSPS) is 10.3. The van der Waals surface area contributed by atoms with E-state index >= 15 is 0 Å². The van der Waals surface area contributed by atoms with Gasteiger partial charge in [0.15, 0.2) is 0 Å². The zero-order chi connectivity index (χ0) is 15.4. The molecule has 0 aromatic heterocycles. The van der Waals surface area contributed by atoms with E-state index in [4.69, 9.17) is 16.3 Å². The summed E-state index contributed by atoms with van der Waals surface area (Å²) in [7, 11) is 3.37. The minimum Gasteiger partial charge on any atom is -0.496 e. The molecule has 2 rings (SSSR count). The van der Waals surface area contributed by atoms with Crippen molar-refractivity contribution in [2.24, 2.45) is 0 Å². The second kappa shape index (κ2) is 6.96. The van der Waals surface area contributed by atoms with Gasteiger partial charge in [-0.15, -0.1) is 0 Å². The first-order valence-electron chi connectivity index (χ1n) is 6.35. The van der Waals surface area contributed by atoms with E-state index in [0.29, 0.717) is 17.1 Å². The third-order valence-electron chi connectivity index (χ3n) is 3.11. The van der Waals surface area contributed by atoms with Crippen LogP contribution in [-0.4, -0.2) is 25.0 Å². The van der Waals surface area contributed by atoms with Crippen LogP contribution in [0.25, 0.3) is 0 Å². The van der Waals surface area contributed by atoms with Gasteiger partial charge < -0.3 is 9.64 Å². The van der Waals surface area contributed by atoms with Crippen molar-refractivity contribution in [2.45, 2.75) is 6.54 Å². The van der Waals surface area contributed by atoms with Gasteiger partial charge in [0.1, 0.15) is 5.75 Å². The Morgan fingerprint density at radius 1 is 1.29 bits per heavy atom. The quantitative estimate of drug-likeness (QED) is 0.801. The zero-order valence-corrected chi connectivity index (χ0v) is 14.1. The van der Waals surface area contributed by atoms with Crippen molar-refractivity contribution in [1.82, 2.24) is 4.90 Å². The topological polar surface area (TPSA) is 29.5 Å². The Morgan fingerprint density at radius 3 is 2.67 bits per heavy atom. The van der Waals surface area contributed by atoms with Crippen LogP contribution in [0.5, 0.6) is 5.75 Å². The summed E-state index contributed by atoms with van der Waals surface area (Å²) >= 11 is 9.35. The van der Waals surface area contributed by atoms with E-state index in [0.717, 1.165) is 15.8 Å². The van der Waals surface area contributed by atoms with Gasteiger partial charge in [-0.1, -0.05) is 29.8 Å². The molecular formula is C16H15BrClNO2. The number of carbonyl (C=O) groups excluding carboxylic acids is 1. The van der Waals surface area contributed by atoms with E-state index in [-0.39, 0.29) is 5.91 Å². The molecular weight excluding hydrogens is 354 g/mol. The Hall–Kier alpha value is -1.52. The van der Waals surface area contributed by atoms with Gasteiger partial charge in [0, 0.05) is 29.2 Å². The van der Waals surface area contributed by atoms with Gasteiger partial charge in [-0.3, -0.25) is 4.79 Å². The van der Waals surface area contributed by atoms with Crippen LogP contribution >= 0.6 is 27.5 Å². The first kappa shape index (κ1) is 15.9. The lowest BCUT2D eigenvalue weighted by molar-refractivity contribution is 0.0784. The standard InChI is InChI=1S/C16H15BrClNO2/c1-19(10-12-5-3-4-6-15(12)21-2)16(20)11-7-8-13(17)14(18)9-11/h3-9H,10H2,1-2H3. The van der Waals surface area contributed by atoms with Gasteiger partial charge in [0.25, 0.3) is 5.91 Å². The third kappa shape index (κ3) is 3.77. The maximum atomic E-state index is 12.4. The van der Waals surface area contributed by atoms with Gasteiger partial charge in [0.2, 0.25) is 0 Å². The molecule has 0 aliphatic rings. The molecule has 3 nitrogen and oxygen atoms in total. The van der Waals surface area contributed by atoms with Crippen molar-refractivity contribution in [3.05, 3.63) is 63.1 Å². The second-order valence-corrected chi connectivity index (χ2v) is 5.86. The number of ether oxygens (including phenoxy) is 1. The summed E-state index contributed by atoms with van der Waals surface area (Å²) in [6.07, 6.45) is 0. The molecule has 0 bridgehead atoms. The molecule has 0 aliphatic heterocycles. The summed E-state index contributed by atoms with van der Waals surface area (Å²) in [4.78, 5) is 14.1. The number of amides is 1. The number of nitrogens with zero attached hydrogens (tertiary/aromatic N) is 1. The van der Waals surface area contributed by atoms with Crippen LogP contribution in [0.3, 0.4) is 0 Å². The largest absolute Gasteiger partial charge is 0.496 e. The molecule has 0 aliphatic carbocycles. The number of methoxy groups -OCH3 is 1. The van der Waals surface area contributed by atoms with E-state index in [1.807, 2.05) is 24.3 Å². The smallest absolute Gasteiger partial charge is 0.253 e. The molecule has 0 N–H and O–H groups in total. The van der Waals surface area contributed by atoms with Crippen molar-refractivity contribution >= 4 is 33.4 Å². The van der Waals surface area contributed by atoms with Crippen LogP contribution in [0, 0.1) is 0 Å². The molecule has 5 heteroatoms. The summed E-state index contributed by atoms with van der Waals surface area (Å²) in [6.45, 7) is 0.469. The Kier molecular flexibility index (Phi) is 5.26. The molecule has 110 valence electrons. The highest BCUT2D eigenvalue weighted by atomic mass is 79.9. The van der Waals surface area contributed by atoms with Crippen molar-refractivity contribution in [2.75, 3.05) is 14.2 Å². The molecule has 0 saturated carbocycles. The highest BCUT2D eigenvalue weighted by Crippen LogP contribution is 2.24. The van der Waals surface area contributed by atoms with E-state index in [2.05, 4.69) is 15.9 Å². The van der Waals surface area contributed by atoms with Crippen molar-refractivity contribution in [1.29, 1.82) is 0 Å². The number of para-hydroxylation sites is 1. The molecule has 1 amide bonds. The van der Waals surface area contributed by atoms with Crippen LogP contribution in [-0.2, 0) is 6.54 Å². The van der Waals surface area contributed by atoms with Gasteiger partial charge in [0.05, 0.1) is 12.1 Å². The SMILES string of the molecule is COc1ccccc1CN(C)C(=O)c1ccc(Br)c(Cl)c1. The van der Waals surface area contributed by atoms with Crippen molar-refractivity contribution < 1.29 is 9.53 Å². The van der Waals surface area contributed by atoms with Crippen molar-refractivity contribution in [3.63, 3.8) is 0 Å². The highest BCUT2D eigenvalue weighted by molar-refractivity contribution is 9.10. The molecule has 0 fully saturated rings. The van der Waals surface area contributed by atoms with Crippen LogP contribution in [0.15, 0.2) is 46.9 Å². The molecule has 2 aromatic rings. The predicted octanol–water partition coefficient (Wildman–Crippen LogP) is 4.38. The monoisotopic (exact) mass is 367 g/mol. The molecule has 0 spiro atoms. The van der Waals surface area contributed by atoms with Crippen LogP contribution in [0.4, 0.5) is 0 Å². The number of rotatable bonds is 4. The van der Waals surface area contributed by atoms with E-state index in [1.165, 1.54) is 0 Å². The average molecular weight is 369 g/mol. The fourth-order valence-corrected chi connectivity index (χ4v) is 2.44. The Balaban J connectivity index is 2.17. The van der Waals surface area contributed by atoms with Crippen LogP contribution in [0.1, 0.15) is 15.9 Å². The molecule has 0 radical (unpaired) electrons. The first-order chi connectivity index (χ1) is 10.0. The number of carbonyl (C=O) groups is 1. The fraction of sp³-hybridized carbons (Fsp3) is 0.188. The Morgan fingerprint density at radius 2 is 2.00 bits per heavy atom. The molecule has 0 heterocycles. The third-order valence-corrected chi connectivity index (χ3v) is 4.35. The van der Waals surface area contributed by atoms with E-state index in [9.17, 15) is 4.79 Å². The Labute approximate surface area is 137 Å². The lowest BCUT2D eigenvalue weighted by Crippen LogP contribution is -2.26. The lowest BCUT2D eigenvalue weighted by atomic mass is 10.1. The molecule has 0 atom stereocenters. The van der Waals surface area contributed by atoms with Crippen LogP contribution < -0.4 is 4.74 Å². The maximum Gasteiger partial charge on any atom is 0.253 e. The first-order valence-corrected chi connectivity index (χ1v) is 7.52. The fourth-order valence-electron chi connectivity index (χ4n) is 2.01. The summed E-state index contributed by atoms with van der Waals surface area (Å²) in [5.41, 5.74) is 1.51. The number of hydrogen-bond donors (Lipinski definition) is 0. The van der Waals surface area contributed by atoms with E-state index in [1.54, 1.807) is 37.3 Å². The average Bonchev–Trinajstić information content (AvgIpc) is 2.49. The minimum absolute atomic E-state index is 0.0877. The predicted molar refractivity (Wildman–Crippen MR) is 87.9 cm³/mol. The second-order valence-electron chi connectivity index (χ2n) is 4.60. The number of benzene rings is 2. The summed E-state index contributed by atoms with van der Waals surface area (Å²) in [6, 6.07) is 12.8. The van der Waals surface area contributed by atoms with E-state index < -0.39 is 0 Å².